The van der Waals surface area contributed by atoms with Crippen LogP contribution in [0.3, 0.4) is 0 Å². The summed E-state index contributed by atoms with van der Waals surface area (Å²) in [6.07, 6.45) is 0.496. The monoisotopic (exact) mass is 469 g/mol. The number of rotatable bonds is 5. The van der Waals surface area contributed by atoms with Crippen molar-refractivity contribution >= 4 is 39.3 Å². The molecule has 0 spiro atoms. The fourth-order valence-corrected chi connectivity index (χ4v) is 3.54. The molecule has 0 aliphatic carbocycles. The number of carbonyl (C=O) groups excluding carboxylic acids is 1. The molecule has 5 nitrogen and oxygen atoms in total. The lowest BCUT2D eigenvalue weighted by Crippen LogP contribution is -2.45. The third kappa shape index (κ3) is 4.78. The third-order valence-corrected chi connectivity index (χ3v) is 5.20. The van der Waals surface area contributed by atoms with Gasteiger partial charge in [-0.1, -0.05) is 70.0 Å². The second-order valence-electron chi connectivity index (χ2n) is 6.52. The Kier molecular flexibility index (Phi) is 5.83. The van der Waals surface area contributed by atoms with Crippen molar-refractivity contribution in [1.29, 1.82) is 0 Å². The lowest BCUT2D eigenvalue weighted by Gasteiger charge is -2.24. The molecule has 1 aliphatic heterocycles. The Morgan fingerprint density at radius 3 is 2.66 bits per heavy atom. The third-order valence-electron chi connectivity index (χ3n) is 4.40. The van der Waals surface area contributed by atoms with Crippen molar-refractivity contribution in [3.05, 3.63) is 93.4 Å². The molecule has 1 atom stereocenters. The van der Waals surface area contributed by atoms with Gasteiger partial charge in [0.15, 0.2) is 0 Å². The number of hydrogen-bond donors (Lipinski definition) is 2. The quantitative estimate of drug-likeness (QED) is 0.538. The van der Waals surface area contributed by atoms with Gasteiger partial charge in [0.25, 0.3) is 5.91 Å². The Balaban J connectivity index is 1.51. The summed E-state index contributed by atoms with van der Waals surface area (Å²) in [4.78, 5) is 12.2. The van der Waals surface area contributed by atoms with Crippen LogP contribution in [0.4, 0.5) is 0 Å². The molecule has 1 amide bonds. The lowest BCUT2D eigenvalue weighted by molar-refractivity contribution is -0.123. The van der Waals surface area contributed by atoms with E-state index in [2.05, 4.69) is 31.8 Å². The summed E-state index contributed by atoms with van der Waals surface area (Å²) in [7, 11) is 0. The molecule has 1 heterocycles. The van der Waals surface area contributed by atoms with Gasteiger partial charge in [-0.05, 0) is 41.5 Å². The van der Waals surface area contributed by atoms with Gasteiger partial charge in [0.2, 0.25) is 0 Å². The summed E-state index contributed by atoms with van der Waals surface area (Å²) in [6.45, 7) is 0. The van der Waals surface area contributed by atoms with Crippen LogP contribution in [-0.2, 0) is 11.2 Å². The highest BCUT2D eigenvalue weighted by Crippen LogP contribution is 2.31. The van der Waals surface area contributed by atoms with E-state index in [-0.39, 0.29) is 5.91 Å². The molecule has 0 fully saturated rings. The SMILES string of the molecule is O=C1NN=C(Cc2ccc(Cl)c(Oc3cccc(Br)c3)c2)NC1c1ccccc1. The van der Waals surface area contributed by atoms with Crippen molar-refractivity contribution in [2.24, 2.45) is 5.10 Å². The van der Waals surface area contributed by atoms with Crippen molar-refractivity contribution < 1.29 is 9.53 Å². The molecule has 4 rings (SSSR count). The molecule has 0 bridgehead atoms. The molecular formula is C22H17BrClN3O2. The van der Waals surface area contributed by atoms with E-state index in [0.29, 0.717) is 28.8 Å². The van der Waals surface area contributed by atoms with Crippen LogP contribution in [0.25, 0.3) is 0 Å². The Hall–Kier alpha value is -2.83. The highest BCUT2D eigenvalue weighted by molar-refractivity contribution is 9.10. The number of halogens is 2. The summed E-state index contributed by atoms with van der Waals surface area (Å²) >= 11 is 9.74. The van der Waals surface area contributed by atoms with E-state index in [9.17, 15) is 4.79 Å². The van der Waals surface area contributed by atoms with E-state index in [4.69, 9.17) is 16.3 Å². The summed E-state index contributed by atoms with van der Waals surface area (Å²) < 4.78 is 6.86. The molecule has 0 radical (unpaired) electrons. The van der Waals surface area contributed by atoms with Gasteiger partial charge in [-0.3, -0.25) is 4.79 Å². The Morgan fingerprint density at radius 1 is 1.03 bits per heavy atom. The number of amides is 1. The van der Waals surface area contributed by atoms with Crippen molar-refractivity contribution in [3.8, 4) is 11.5 Å². The summed E-state index contributed by atoms with van der Waals surface area (Å²) in [5.74, 6) is 1.72. The summed E-state index contributed by atoms with van der Waals surface area (Å²) in [5.41, 5.74) is 4.43. The first-order valence-electron chi connectivity index (χ1n) is 8.98. The second kappa shape index (κ2) is 8.68. The minimum atomic E-state index is -0.478. The van der Waals surface area contributed by atoms with Gasteiger partial charge in [-0.2, -0.15) is 5.10 Å². The maximum Gasteiger partial charge on any atom is 0.267 e. The van der Waals surface area contributed by atoms with Crippen molar-refractivity contribution in [2.45, 2.75) is 12.5 Å². The van der Waals surface area contributed by atoms with Gasteiger partial charge < -0.3 is 10.1 Å². The molecule has 0 aromatic heterocycles. The highest BCUT2D eigenvalue weighted by atomic mass is 79.9. The lowest BCUT2D eigenvalue weighted by atomic mass is 10.0. The number of hydrazone groups is 1. The van der Waals surface area contributed by atoms with Gasteiger partial charge >= 0.3 is 0 Å². The van der Waals surface area contributed by atoms with Crippen LogP contribution in [0, 0.1) is 0 Å². The minimum absolute atomic E-state index is 0.185. The zero-order valence-electron chi connectivity index (χ0n) is 15.2. The zero-order valence-corrected chi connectivity index (χ0v) is 17.6. The van der Waals surface area contributed by atoms with Crippen LogP contribution in [0.2, 0.25) is 5.02 Å². The number of carbonyl (C=O) groups is 1. The van der Waals surface area contributed by atoms with Crippen LogP contribution >= 0.6 is 27.5 Å². The van der Waals surface area contributed by atoms with E-state index in [1.807, 2.05) is 66.7 Å². The molecule has 0 saturated carbocycles. The maximum absolute atomic E-state index is 12.2. The van der Waals surface area contributed by atoms with E-state index in [0.717, 1.165) is 15.6 Å². The molecule has 0 saturated heterocycles. The molecule has 1 aliphatic rings. The molecule has 146 valence electrons. The predicted octanol–water partition coefficient (Wildman–Crippen LogP) is 5.21. The zero-order chi connectivity index (χ0) is 20.2. The Morgan fingerprint density at radius 2 is 1.86 bits per heavy atom. The number of amidine groups is 1. The van der Waals surface area contributed by atoms with E-state index in [1.165, 1.54) is 0 Å². The summed E-state index contributed by atoms with van der Waals surface area (Å²) in [5, 5.41) is 7.89. The summed E-state index contributed by atoms with van der Waals surface area (Å²) in [6, 6.07) is 22.2. The standard InChI is InChI=1S/C22H17BrClN3O2/c23-16-7-4-8-17(13-16)29-19-11-14(9-10-18(19)24)12-20-25-21(22(28)27-26-20)15-5-2-1-3-6-15/h1-11,13,21H,12H2,(H,25,26)(H,27,28). The van der Waals surface area contributed by atoms with Crippen LogP contribution in [0.1, 0.15) is 17.2 Å². The molecule has 2 N–H and O–H groups in total. The largest absolute Gasteiger partial charge is 0.456 e. The molecule has 1 unspecified atom stereocenters. The smallest absolute Gasteiger partial charge is 0.267 e. The fourth-order valence-electron chi connectivity index (χ4n) is 3.01. The van der Waals surface area contributed by atoms with E-state index >= 15 is 0 Å². The number of ether oxygens (including phenoxy) is 1. The number of nitrogens with zero attached hydrogens (tertiary/aromatic N) is 1. The first-order valence-corrected chi connectivity index (χ1v) is 10.2. The molecular weight excluding hydrogens is 454 g/mol. The average molecular weight is 471 g/mol. The molecule has 3 aromatic rings. The molecule has 7 heteroatoms. The number of nitrogens with one attached hydrogen (secondary N) is 2. The minimum Gasteiger partial charge on any atom is -0.456 e. The predicted molar refractivity (Wildman–Crippen MR) is 117 cm³/mol. The van der Waals surface area contributed by atoms with Crippen molar-refractivity contribution in [2.75, 3.05) is 0 Å². The van der Waals surface area contributed by atoms with Crippen LogP contribution in [0.15, 0.2) is 82.4 Å². The van der Waals surface area contributed by atoms with Crippen LogP contribution in [-0.4, -0.2) is 11.7 Å². The van der Waals surface area contributed by atoms with Crippen LogP contribution < -0.4 is 15.5 Å². The van der Waals surface area contributed by atoms with Gasteiger partial charge in [0.05, 0.1) is 5.02 Å². The topological polar surface area (TPSA) is 62.7 Å². The number of benzene rings is 3. The van der Waals surface area contributed by atoms with Gasteiger partial charge in [0, 0.05) is 10.9 Å². The molecule has 29 heavy (non-hydrogen) atoms. The Labute approximate surface area is 181 Å². The second-order valence-corrected chi connectivity index (χ2v) is 7.85. The first kappa shape index (κ1) is 19.5. The fraction of sp³-hybridized carbons (Fsp3) is 0.0909. The van der Waals surface area contributed by atoms with Crippen molar-refractivity contribution in [3.63, 3.8) is 0 Å². The van der Waals surface area contributed by atoms with Gasteiger partial charge in [-0.15, -0.1) is 0 Å². The average Bonchev–Trinajstić information content (AvgIpc) is 2.73. The van der Waals surface area contributed by atoms with Crippen LogP contribution in [0.5, 0.6) is 11.5 Å². The van der Waals surface area contributed by atoms with E-state index in [1.54, 1.807) is 6.07 Å². The molecule has 3 aromatic carbocycles. The normalized spacial score (nSPS) is 15.9. The first-order chi connectivity index (χ1) is 14.1. The van der Waals surface area contributed by atoms with Crippen molar-refractivity contribution in [1.82, 2.24) is 10.7 Å². The highest BCUT2D eigenvalue weighted by Gasteiger charge is 2.25. The van der Waals surface area contributed by atoms with E-state index < -0.39 is 6.04 Å². The van der Waals surface area contributed by atoms with Gasteiger partial charge in [0.1, 0.15) is 23.4 Å². The Bertz CT molecular complexity index is 1070. The van der Waals surface area contributed by atoms with Gasteiger partial charge in [-0.25, -0.2) is 5.43 Å². The maximum atomic E-state index is 12.2. The number of hydrogen-bond acceptors (Lipinski definition) is 4.